The Hall–Kier alpha value is -4.66. The third-order valence-corrected chi connectivity index (χ3v) is 6.82. The highest BCUT2D eigenvalue weighted by molar-refractivity contribution is 5.77. The van der Waals surface area contributed by atoms with E-state index in [9.17, 15) is 14.0 Å². The number of hydrogen-bond acceptors (Lipinski definition) is 5. The number of ether oxygens (including phenoxy) is 1. The van der Waals surface area contributed by atoms with Gasteiger partial charge in [0.05, 0.1) is 6.54 Å². The number of benzene rings is 3. The molecule has 0 bridgehead atoms. The van der Waals surface area contributed by atoms with E-state index >= 15 is 0 Å². The third kappa shape index (κ3) is 4.15. The van der Waals surface area contributed by atoms with Crippen molar-refractivity contribution in [1.82, 2.24) is 18.7 Å². The first-order valence-corrected chi connectivity index (χ1v) is 12.4. The molecule has 0 saturated heterocycles. The van der Waals surface area contributed by atoms with Crippen molar-refractivity contribution >= 4 is 22.8 Å². The van der Waals surface area contributed by atoms with Crippen LogP contribution in [0.15, 0.2) is 88.5 Å². The van der Waals surface area contributed by atoms with E-state index in [1.165, 1.54) is 21.3 Å². The number of para-hydroxylation sites is 1. The van der Waals surface area contributed by atoms with Crippen molar-refractivity contribution in [3.63, 3.8) is 0 Å². The first-order chi connectivity index (χ1) is 18.4. The third-order valence-electron chi connectivity index (χ3n) is 6.82. The summed E-state index contributed by atoms with van der Waals surface area (Å²) in [4.78, 5) is 33.7. The van der Waals surface area contributed by atoms with Crippen LogP contribution < -0.4 is 20.9 Å². The number of rotatable bonds is 5. The van der Waals surface area contributed by atoms with Gasteiger partial charge in [0.1, 0.15) is 17.3 Å². The molecule has 5 aromatic rings. The Morgan fingerprint density at radius 3 is 2.32 bits per heavy atom. The van der Waals surface area contributed by atoms with Crippen LogP contribution in [0.5, 0.6) is 11.5 Å². The van der Waals surface area contributed by atoms with Gasteiger partial charge in [0.15, 0.2) is 11.2 Å². The minimum Gasteiger partial charge on any atom is -0.457 e. The van der Waals surface area contributed by atoms with E-state index in [0.717, 1.165) is 11.4 Å². The smallest absolute Gasteiger partial charge is 0.332 e. The van der Waals surface area contributed by atoms with Crippen LogP contribution in [0.1, 0.15) is 12.5 Å². The first kappa shape index (κ1) is 23.7. The number of nitrogens with zero attached hydrogens (tertiary/aromatic N) is 5. The number of aromatic nitrogens is 4. The highest BCUT2D eigenvalue weighted by Gasteiger charge is 2.30. The van der Waals surface area contributed by atoms with E-state index in [1.54, 1.807) is 19.2 Å². The zero-order valence-corrected chi connectivity index (χ0v) is 21.0. The summed E-state index contributed by atoms with van der Waals surface area (Å²) in [5.41, 5.74) is 1.41. The summed E-state index contributed by atoms with van der Waals surface area (Å²) in [5, 5.41) is 0. The van der Waals surface area contributed by atoms with Crippen LogP contribution in [0.2, 0.25) is 0 Å². The Bertz CT molecular complexity index is 1740. The van der Waals surface area contributed by atoms with Crippen molar-refractivity contribution in [2.45, 2.75) is 20.0 Å². The Balaban J connectivity index is 1.41. The van der Waals surface area contributed by atoms with Gasteiger partial charge in [-0.05, 0) is 60.0 Å². The summed E-state index contributed by atoms with van der Waals surface area (Å²) in [6, 6.07) is 23.1. The zero-order valence-electron chi connectivity index (χ0n) is 21.0. The number of fused-ring (bicyclic) bond motifs is 3. The summed E-state index contributed by atoms with van der Waals surface area (Å²) in [6.07, 6.45) is 0. The molecule has 3 aromatic carbocycles. The van der Waals surface area contributed by atoms with Crippen molar-refractivity contribution < 1.29 is 9.13 Å². The van der Waals surface area contributed by atoms with Gasteiger partial charge in [-0.1, -0.05) is 37.3 Å². The second-order valence-corrected chi connectivity index (χ2v) is 9.68. The van der Waals surface area contributed by atoms with E-state index in [-0.39, 0.29) is 18.3 Å². The van der Waals surface area contributed by atoms with Crippen molar-refractivity contribution in [2.24, 2.45) is 13.0 Å². The maximum Gasteiger partial charge on any atom is 0.332 e. The maximum atomic E-state index is 13.7. The van der Waals surface area contributed by atoms with Crippen LogP contribution in [-0.2, 0) is 20.1 Å². The van der Waals surface area contributed by atoms with Gasteiger partial charge in [-0.25, -0.2) is 9.18 Å². The molecule has 0 radical (unpaired) electrons. The van der Waals surface area contributed by atoms with Crippen molar-refractivity contribution in [3.05, 3.63) is 111 Å². The normalized spacial score (nSPS) is 15.0. The number of hydrogen-bond donors (Lipinski definition) is 0. The molecule has 0 amide bonds. The van der Waals surface area contributed by atoms with E-state index in [0.29, 0.717) is 41.5 Å². The molecule has 0 unspecified atom stereocenters. The molecule has 9 heteroatoms. The lowest BCUT2D eigenvalue weighted by Gasteiger charge is -2.33. The average molecular weight is 512 g/mol. The maximum absolute atomic E-state index is 13.7. The lowest BCUT2D eigenvalue weighted by Crippen LogP contribution is -2.40. The minimum absolute atomic E-state index is 0.0460. The fourth-order valence-electron chi connectivity index (χ4n) is 4.95. The predicted molar refractivity (Wildman–Crippen MR) is 144 cm³/mol. The number of aryl methyl sites for hydroxylation is 1. The average Bonchev–Trinajstić information content (AvgIpc) is 3.31. The fraction of sp³-hybridized carbons (Fsp3) is 0.207. The van der Waals surface area contributed by atoms with E-state index in [4.69, 9.17) is 9.72 Å². The van der Waals surface area contributed by atoms with E-state index in [2.05, 4.69) is 11.8 Å². The standard InChI is InChI=1S/C29H26FN5O3/c1-19-16-33(22-12-14-24(15-13-22)38-23-6-4-3-5-7-23)28-31-26-25(34(28)17-19)27(36)35(29(37)32(26)2)18-20-8-10-21(30)11-9-20/h3-15,19H,16-18H2,1-2H3/t19-/m0/s1. The van der Waals surface area contributed by atoms with Crippen LogP contribution in [0.3, 0.4) is 0 Å². The second kappa shape index (κ2) is 9.33. The van der Waals surface area contributed by atoms with Crippen molar-refractivity contribution in [2.75, 3.05) is 11.4 Å². The number of anilines is 2. The molecule has 8 nitrogen and oxygen atoms in total. The molecule has 3 heterocycles. The van der Waals surface area contributed by atoms with E-state index < -0.39 is 11.2 Å². The quantitative estimate of drug-likeness (QED) is 0.343. The molecule has 0 spiro atoms. The predicted octanol–water partition coefficient (Wildman–Crippen LogP) is 4.66. The molecular weight excluding hydrogens is 485 g/mol. The number of halogens is 1. The molecule has 1 aliphatic rings. The molecule has 1 atom stereocenters. The summed E-state index contributed by atoms with van der Waals surface area (Å²) >= 11 is 0. The van der Waals surface area contributed by atoms with Gasteiger partial charge in [0, 0.05) is 25.8 Å². The molecule has 6 rings (SSSR count). The van der Waals surface area contributed by atoms with Crippen LogP contribution in [0.4, 0.5) is 16.0 Å². The molecule has 0 saturated carbocycles. The molecular formula is C29H26FN5O3. The summed E-state index contributed by atoms with van der Waals surface area (Å²) in [6.45, 7) is 3.47. The van der Waals surface area contributed by atoms with Crippen LogP contribution in [-0.4, -0.2) is 25.2 Å². The Morgan fingerprint density at radius 2 is 1.61 bits per heavy atom. The lowest BCUT2D eigenvalue weighted by atomic mass is 10.1. The summed E-state index contributed by atoms with van der Waals surface area (Å²) in [7, 11) is 1.62. The van der Waals surface area contributed by atoms with Gasteiger partial charge in [0.2, 0.25) is 5.95 Å². The highest BCUT2D eigenvalue weighted by Crippen LogP contribution is 2.34. The Labute approximate surface area is 217 Å². The lowest BCUT2D eigenvalue weighted by molar-refractivity contribution is 0.457. The van der Waals surface area contributed by atoms with Gasteiger partial charge in [-0.15, -0.1) is 0 Å². The minimum atomic E-state index is -0.468. The van der Waals surface area contributed by atoms with Gasteiger partial charge in [0.25, 0.3) is 5.56 Å². The molecule has 0 fully saturated rings. The Morgan fingerprint density at radius 1 is 0.921 bits per heavy atom. The van der Waals surface area contributed by atoms with Gasteiger partial charge >= 0.3 is 5.69 Å². The summed E-state index contributed by atoms with van der Waals surface area (Å²) in [5.74, 6) is 1.93. The topological polar surface area (TPSA) is 74.3 Å². The van der Waals surface area contributed by atoms with Gasteiger partial charge in [-0.3, -0.25) is 13.9 Å². The monoisotopic (exact) mass is 511 g/mol. The second-order valence-electron chi connectivity index (χ2n) is 9.68. The SMILES string of the molecule is C[C@H]1CN(c2ccc(Oc3ccccc3)cc2)c2nc3c(c(=O)n(Cc4ccc(F)cc4)c(=O)n3C)n2C1. The van der Waals surface area contributed by atoms with Crippen molar-refractivity contribution in [1.29, 1.82) is 0 Å². The van der Waals surface area contributed by atoms with Crippen LogP contribution >= 0.6 is 0 Å². The highest BCUT2D eigenvalue weighted by atomic mass is 19.1. The molecule has 1 aliphatic heterocycles. The van der Waals surface area contributed by atoms with Gasteiger partial charge < -0.3 is 14.2 Å². The number of imidazole rings is 1. The van der Waals surface area contributed by atoms with Crippen LogP contribution in [0.25, 0.3) is 11.2 Å². The molecule has 0 aliphatic carbocycles. The zero-order chi connectivity index (χ0) is 26.4. The molecule has 38 heavy (non-hydrogen) atoms. The largest absolute Gasteiger partial charge is 0.457 e. The molecule has 192 valence electrons. The van der Waals surface area contributed by atoms with Crippen LogP contribution in [0, 0.1) is 11.7 Å². The van der Waals surface area contributed by atoms with E-state index in [1.807, 2.05) is 59.2 Å². The Kier molecular flexibility index (Phi) is 5.83. The first-order valence-electron chi connectivity index (χ1n) is 12.4. The molecule has 0 N–H and O–H groups in total. The van der Waals surface area contributed by atoms with Crippen molar-refractivity contribution in [3.8, 4) is 11.5 Å². The van der Waals surface area contributed by atoms with Gasteiger partial charge in [-0.2, -0.15) is 4.98 Å². The fourth-order valence-corrected chi connectivity index (χ4v) is 4.95. The molecule has 2 aromatic heterocycles. The summed E-state index contributed by atoms with van der Waals surface area (Å²) < 4.78 is 23.8.